The fourth-order valence-corrected chi connectivity index (χ4v) is 5.47. The lowest BCUT2D eigenvalue weighted by Gasteiger charge is -2.26. The van der Waals surface area contributed by atoms with Crippen molar-refractivity contribution in [3.63, 3.8) is 0 Å². The monoisotopic (exact) mass is 458 g/mol. The molecule has 3 rings (SSSR count). The normalized spacial score (nSPS) is 15.2. The lowest BCUT2D eigenvalue weighted by Crippen LogP contribution is -2.40. The van der Waals surface area contributed by atoms with Crippen LogP contribution < -0.4 is 0 Å². The van der Waals surface area contributed by atoms with Crippen LogP contribution in [0.3, 0.4) is 0 Å². The standard InChI is InChI=1S/C19H20ClFN2O4S2/c1-2-7-22(13-14-3-6-18(20)28-14)19(24)16-12-15(4-5-17(16)21)29(25,26)23-8-10-27-11-9-23/h2-6,12H,1,7-11,13H2. The molecule has 2 aromatic rings. The highest BCUT2D eigenvalue weighted by Gasteiger charge is 2.29. The van der Waals surface area contributed by atoms with Crippen molar-refractivity contribution in [3.8, 4) is 0 Å². The molecule has 10 heteroatoms. The number of hydrogen-bond donors (Lipinski definition) is 0. The van der Waals surface area contributed by atoms with Gasteiger partial charge in [0, 0.05) is 24.5 Å². The fourth-order valence-electron chi connectivity index (χ4n) is 2.94. The molecule has 0 aliphatic carbocycles. The zero-order valence-electron chi connectivity index (χ0n) is 15.5. The number of rotatable bonds is 7. The van der Waals surface area contributed by atoms with Gasteiger partial charge in [0.25, 0.3) is 5.91 Å². The average Bonchev–Trinajstić information content (AvgIpc) is 3.12. The van der Waals surface area contributed by atoms with Gasteiger partial charge in [0.1, 0.15) is 5.82 Å². The Morgan fingerprint density at radius 2 is 2.03 bits per heavy atom. The molecule has 0 unspecified atom stereocenters. The van der Waals surface area contributed by atoms with Crippen molar-refractivity contribution >= 4 is 38.9 Å². The molecule has 0 bridgehead atoms. The second-order valence-corrected chi connectivity index (χ2v) is 10.1. The van der Waals surface area contributed by atoms with Crippen LogP contribution in [-0.2, 0) is 21.3 Å². The SMILES string of the molecule is C=CCN(Cc1ccc(Cl)s1)C(=O)c1cc(S(=O)(=O)N2CCOCC2)ccc1F. The van der Waals surface area contributed by atoms with Gasteiger partial charge in [-0.15, -0.1) is 17.9 Å². The summed E-state index contributed by atoms with van der Waals surface area (Å²) in [6.45, 7) is 5.04. The zero-order chi connectivity index (χ0) is 21.0. The van der Waals surface area contributed by atoms with E-state index in [1.54, 1.807) is 12.1 Å². The van der Waals surface area contributed by atoms with Crippen molar-refractivity contribution in [2.24, 2.45) is 0 Å². The minimum absolute atomic E-state index is 0.123. The van der Waals surface area contributed by atoms with E-state index in [1.165, 1.54) is 32.7 Å². The van der Waals surface area contributed by atoms with Crippen molar-refractivity contribution in [3.05, 3.63) is 63.6 Å². The minimum atomic E-state index is -3.85. The number of carbonyl (C=O) groups is 1. The van der Waals surface area contributed by atoms with E-state index in [2.05, 4.69) is 6.58 Å². The van der Waals surface area contributed by atoms with Crippen LogP contribution in [-0.4, -0.2) is 56.4 Å². The molecule has 29 heavy (non-hydrogen) atoms. The van der Waals surface area contributed by atoms with Crippen molar-refractivity contribution in [1.29, 1.82) is 0 Å². The average molecular weight is 459 g/mol. The Labute approximate surface area is 178 Å². The highest BCUT2D eigenvalue weighted by Crippen LogP contribution is 2.25. The van der Waals surface area contributed by atoms with Crippen molar-refractivity contribution in [2.75, 3.05) is 32.8 Å². The van der Waals surface area contributed by atoms with Crippen LogP contribution in [0.15, 0.2) is 47.9 Å². The largest absolute Gasteiger partial charge is 0.379 e. The Kier molecular flexibility index (Phi) is 7.07. The molecule has 1 aliphatic heterocycles. The molecule has 1 amide bonds. The zero-order valence-corrected chi connectivity index (χ0v) is 17.9. The maximum absolute atomic E-state index is 14.5. The molecule has 0 spiro atoms. The van der Waals surface area contributed by atoms with Gasteiger partial charge in [0.15, 0.2) is 0 Å². The van der Waals surface area contributed by atoms with Gasteiger partial charge < -0.3 is 9.64 Å². The van der Waals surface area contributed by atoms with Crippen molar-refractivity contribution in [1.82, 2.24) is 9.21 Å². The summed E-state index contributed by atoms with van der Waals surface area (Å²) in [6.07, 6.45) is 1.53. The third kappa shape index (κ3) is 5.04. The van der Waals surface area contributed by atoms with E-state index in [0.717, 1.165) is 17.0 Å². The molecule has 0 atom stereocenters. The molecule has 156 valence electrons. The van der Waals surface area contributed by atoms with Crippen LogP contribution in [0.5, 0.6) is 0 Å². The predicted molar refractivity (Wildman–Crippen MR) is 110 cm³/mol. The number of benzene rings is 1. The summed E-state index contributed by atoms with van der Waals surface area (Å²) in [5.41, 5.74) is -0.302. The third-order valence-electron chi connectivity index (χ3n) is 4.39. The minimum Gasteiger partial charge on any atom is -0.379 e. The Balaban J connectivity index is 1.90. The molecule has 1 aromatic carbocycles. The smallest absolute Gasteiger partial charge is 0.257 e. The molecule has 2 heterocycles. The fraction of sp³-hybridized carbons (Fsp3) is 0.316. The second-order valence-electron chi connectivity index (χ2n) is 6.34. The summed E-state index contributed by atoms with van der Waals surface area (Å²) in [4.78, 5) is 15.1. The molecule has 1 saturated heterocycles. The summed E-state index contributed by atoms with van der Waals surface area (Å²) < 4.78 is 47.2. The molecular weight excluding hydrogens is 439 g/mol. The lowest BCUT2D eigenvalue weighted by atomic mass is 10.1. The maximum atomic E-state index is 14.5. The second kappa shape index (κ2) is 9.36. The van der Waals surface area contributed by atoms with Crippen LogP contribution in [0.2, 0.25) is 4.34 Å². The topological polar surface area (TPSA) is 66.9 Å². The van der Waals surface area contributed by atoms with E-state index >= 15 is 0 Å². The van der Waals surface area contributed by atoms with Gasteiger partial charge in [-0.25, -0.2) is 12.8 Å². The summed E-state index contributed by atoms with van der Waals surface area (Å²) in [6, 6.07) is 6.78. The van der Waals surface area contributed by atoms with E-state index in [-0.39, 0.29) is 36.6 Å². The number of morpholine rings is 1. The summed E-state index contributed by atoms with van der Waals surface area (Å²) >= 11 is 7.26. The van der Waals surface area contributed by atoms with E-state index in [4.69, 9.17) is 16.3 Å². The van der Waals surface area contributed by atoms with Crippen LogP contribution in [0.25, 0.3) is 0 Å². The van der Waals surface area contributed by atoms with Gasteiger partial charge >= 0.3 is 0 Å². The predicted octanol–water partition coefficient (Wildman–Crippen LogP) is 3.39. The van der Waals surface area contributed by atoms with Gasteiger partial charge in [-0.2, -0.15) is 4.31 Å². The number of halogens is 2. The number of ether oxygens (including phenoxy) is 1. The first kappa shape index (κ1) is 21.9. The van der Waals surface area contributed by atoms with Gasteiger partial charge in [-0.3, -0.25) is 4.79 Å². The van der Waals surface area contributed by atoms with Crippen molar-refractivity contribution < 1.29 is 22.3 Å². The molecule has 1 aromatic heterocycles. The molecule has 1 fully saturated rings. The maximum Gasteiger partial charge on any atom is 0.257 e. The first-order chi connectivity index (χ1) is 13.8. The van der Waals surface area contributed by atoms with E-state index in [0.29, 0.717) is 17.6 Å². The number of carbonyl (C=O) groups excluding carboxylic acids is 1. The Morgan fingerprint density at radius 1 is 1.31 bits per heavy atom. The van der Waals surface area contributed by atoms with Crippen LogP contribution in [0.4, 0.5) is 4.39 Å². The van der Waals surface area contributed by atoms with Crippen LogP contribution >= 0.6 is 22.9 Å². The first-order valence-electron chi connectivity index (χ1n) is 8.85. The molecule has 0 N–H and O–H groups in total. The van der Waals surface area contributed by atoms with Gasteiger partial charge in [0.2, 0.25) is 10.0 Å². The highest BCUT2D eigenvalue weighted by atomic mass is 35.5. The van der Waals surface area contributed by atoms with Gasteiger partial charge in [0.05, 0.1) is 34.6 Å². The van der Waals surface area contributed by atoms with Gasteiger partial charge in [-0.05, 0) is 30.3 Å². The van der Waals surface area contributed by atoms with E-state index < -0.39 is 21.7 Å². The summed E-state index contributed by atoms with van der Waals surface area (Å²) in [5.74, 6) is -1.40. The Bertz CT molecular complexity index is 1000. The van der Waals surface area contributed by atoms with Crippen LogP contribution in [0.1, 0.15) is 15.2 Å². The number of hydrogen-bond acceptors (Lipinski definition) is 5. The van der Waals surface area contributed by atoms with Crippen LogP contribution in [0, 0.1) is 5.82 Å². The Hall–Kier alpha value is -1.78. The molecule has 6 nitrogen and oxygen atoms in total. The number of sulfonamides is 1. The molecule has 1 aliphatic rings. The quantitative estimate of drug-likeness (QED) is 0.596. The number of nitrogens with zero attached hydrogens (tertiary/aromatic N) is 2. The number of amides is 1. The highest BCUT2D eigenvalue weighted by molar-refractivity contribution is 7.89. The van der Waals surface area contributed by atoms with E-state index in [1.807, 2.05) is 0 Å². The summed E-state index contributed by atoms with van der Waals surface area (Å²) in [7, 11) is -3.85. The van der Waals surface area contributed by atoms with Crippen molar-refractivity contribution in [2.45, 2.75) is 11.4 Å². The lowest BCUT2D eigenvalue weighted by molar-refractivity contribution is 0.0729. The first-order valence-corrected chi connectivity index (χ1v) is 11.5. The molecular formula is C19H20ClFN2O4S2. The molecule has 0 radical (unpaired) electrons. The number of thiophene rings is 1. The summed E-state index contributed by atoms with van der Waals surface area (Å²) in [5, 5.41) is 0. The van der Waals surface area contributed by atoms with Gasteiger partial charge in [-0.1, -0.05) is 17.7 Å². The molecule has 0 saturated carbocycles. The Morgan fingerprint density at radius 3 is 2.66 bits per heavy atom. The van der Waals surface area contributed by atoms with E-state index in [9.17, 15) is 17.6 Å². The third-order valence-corrected chi connectivity index (χ3v) is 7.50.